The molecule has 1 aromatic rings. The molecule has 0 bridgehead atoms. The molecule has 21 heavy (non-hydrogen) atoms. The van der Waals surface area contributed by atoms with Crippen molar-refractivity contribution in [2.75, 3.05) is 7.11 Å². The number of amides is 1. The van der Waals surface area contributed by atoms with Crippen molar-refractivity contribution in [1.29, 1.82) is 0 Å². The molecular weight excluding hydrogens is 278 g/mol. The van der Waals surface area contributed by atoms with Gasteiger partial charge in [-0.15, -0.1) is 0 Å². The Balaban J connectivity index is 2.79. The SMILES string of the molecule is COC(=O)CC[C@H](NC(=O)c1cccc(O)c1C)C(=O)O. The van der Waals surface area contributed by atoms with Crippen molar-refractivity contribution >= 4 is 17.8 Å². The standard InChI is InChI=1S/C14H17NO6/c1-8-9(4-3-5-11(8)16)13(18)15-10(14(19)20)6-7-12(17)21-2/h3-5,10,16H,6-7H2,1-2H3,(H,15,18)(H,19,20)/t10-/m0/s1. The smallest absolute Gasteiger partial charge is 0.326 e. The molecule has 0 radical (unpaired) electrons. The minimum Gasteiger partial charge on any atom is -0.508 e. The number of aromatic hydroxyl groups is 1. The highest BCUT2D eigenvalue weighted by molar-refractivity contribution is 5.98. The number of ether oxygens (including phenoxy) is 1. The normalized spacial score (nSPS) is 11.5. The summed E-state index contributed by atoms with van der Waals surface area (Å²) in [5.41, 5.74) is 0.534. The van der Waals surface area contributed by atoms with Crippen molar-refractivity contribution in [2.24, 2.45) is 0 Å². The average molecular weight is 295 g/mol. The molecule has 1 amide bonds. The van der Waals surface area contributed by atoms with Gasteiger partial charge in [0, 0.05) is 17.5 Å². The molecule has 0 saturated heterocycles. The zero-order valence-electron chi connectivity index (χ0n) is 11.8. The lowest BCUT2D eigenvalue weighted by Gasteiger charge is -2.15. The van der Waals surface area contributed by atoms with Crippen LogP contribution in [-0.4, -0.2) is 41.2 Å². The van der Waals surface area contributed by atoms with Gasteiger partial charge < -0.3 is 20.3 Å². The molecule has 1 atom stereocenters. The van der Waals surface area contributed by atoms with Crippen molar-refractivity contribution in [3.8, 4) is 5.75 Å². The van der Waals surface area contributed by atoms with Gasteiger partial charge in [-0.2, -0.15) is 0 Å². The predicted octanol–water partition coefficient (Wildman–Crippen LogP) is 0.837. The largest absolute Gasteiger partial charge is 0.508 e. The molecule has 1 rings (SSSR count). The minimum atomic E-state index is -1.25. The van der Waals surface area contributed by atoms with Crippen LogP contribution < -0.4 is 5.32 Å². The molecule has 7 heteroatoms. The number of phenols is 1. The van der Waals surface area contributed by atoms with Crippen LogP contribution in [0.4, 0.5) is 0 Å². The predicted molar refractivity (Wildman–Crippen MR) is 73.0 cm³/mol. The van der Waals surface area contributed by atoms with Crippen LogP contribution in [0.2, 0.25) is 0 Å². The summed E-state index contributed by atoms with van der Waals surface area (Å²) in [6.07, 6.45) is -0.196. The van der Waals surface area contributed by atoms with Gasteiger partial charge in [-0.25, -0.2) is 4.79 Å². The van der Waals surface area contributed by atoms with Gasteiger partial charge in [0.1, 0.15) is 11.8 Å². The van der Waals surface area contributed by atoms with Crippen LogP contribution in [0.3, 0.4) is 0 Å². The minimum absolute atomic E-state index is 0.0518. The van der Waals surface area contributed by atoms with Crippen LogP contribution in [-0.2, 0) is 14.3 Å². The Bertz CT molecular complexity index is 554. The maximum atomic E-state index is 12.0. The lowest BCUT2D eigenvalue weighted by atomic mass is 10.1. The number of phenolic OH excluding ortho intramolecular Hbond substituents is 1. The third-order valence-corrected chi connectivity index (χ3v) is 3.02. The Hall–Kier alpha value is -2.57. The summed E-state index contributed by atoms with van der Waals surface area (Å²) < 4.78 is 4.43. The second-order valence-electron chi connectivity index (χ2n) is 4.43. The molecule has 0 aromatic heterocycles. The number of nitrogens with one attached hydrogen (secondary N) is 1. The molecule has 0 fully saturated rings. The van der Waals surface area contributed by atoms with Crippen molar-refractivity contribution < 1.29 is 29.3 Å². The molecule has 1 aromatic carbocycles. The van der Waals surface area contributed by atoms with E-state index in [1.807, 2.05) is 0 Å². The van der Waals surface area contributed by atoms with E-state index in [1.165, 1.54) is 25.3 Å². The summed E-state index contributed by atoms with van der Waals surface area (Å²) in [5, 5.41) is 20.9. The summed E-state index contributed by atoms with van der Waals surface area (Å²) in [6.45, 7) is 1.55. The molecule has 7 nitrogen and oxygen atoms in total. The van der Waals surface area contributed by atoms with E-state index in [0.29, 0.717) is 5.56 Å². The first-order valence-electron chi connectivity index (χ1n) is 6.26. The van der Waals surface area contributed by atoms with Crippen molar-refractivity contribution in [3.63, 3.8) is 0 Å². The van der Waals surface area contributed by atoms with Crippen LogP contribution in [0.15, 0.2) is 18.2 Å². The van der Waals surface area contributed by atoms with Gasteiger partial charge in [0.05, 0.1) is 7.11 Å². The Kier molecular flexibility index (Phi) is 5.71. The highest BCUT2D eigenvalue weighted by Gasteiger charge is 2.23. The number of carboxylic acids is 1. The van der Waals surface area contributed by atoms with Gasteiger partial charge in [-0.3, -0.25) is 9.59 Å². The van der Waals surface area contributed by atoms with E-state index in [0.717, 1.165) is 0 Å². The number of methoxy groups -OCH3 is 1. The molecule has 0 saturated carbocycles. The Morgan fingerprint density at radius 1 is 1.33 bits per heavy atom. The number of aliphatic carboxylic acids is 1. The molecule has 0 aliphatic carbocycles. The Labute approximate surface area is 121 Å². The summed E-state index contributed by atoms with van der Waals surface area (Å²) >= 11 is 0. The van der Waals surface area contributed by atoms with Crippen molar-refractivity contribution in [2.45, 2.75) is 25.8 Å². The maximum Gasteiger partial charge on any atom is 0.326 e. The van der Waals surface area contributed by atoms with Gasteiger partial charge in [-0.1, -0.05) is 6.07 Å². The first kappa shape index (κ1) is 16.5. The molecular formula is C14H17NO6. The fraction of sp³-hybridized carbons (Fsp3) is 0.357. The van der Waals surface area contributed by atoms with E-state index >= 15 is 0 Å². The number of benzene rings is 1. The zero-order valence-corrected chi connectivity index (χ0v) is 11.8. The molecule has 0 aliphatic rings. The van der Waals surface area contributed by atoms with Crippen LogP contribution in [0, 0.1) is 6.92 Å². The van der Waals surface area contributed by atoms with Crippen molar-refractivity contribution in [1.82, 2.24) is 5.32 Å². The number of carbonyl (C=O) groups excluding carboxylic acids is 2. The molecule has 114 valence electrons. The maximum absolute atomic E-state index is 12.0. The molecule has 0 aliphatic heterocycles. The average Bonchev–Trinajstić information content (AvgIpc) is 2.45. The van der Waals surface area contributed by atoms with E-state index in [4.69, 9.17) is 5.11 Å². The summed E-state index contributed by atoms with van der Waals surface area (Å²) in [6, 6.07) is 3.18. The second-order valence-corrected chi connectivity index (χ2v) is 4.43. The number of carbonyl (C=O) groups is 3. The van der Waals surface area contributed by atoms with Gasteiger partial charge in [0.15, 0.2) is 0 Å². The monoisotopic (exact) mass is 295 g/mol. The molecule has 0 heterocycles. The number of esters is 1. The third kappa shape index (κ3) is 4.48. The zero-order chi connectivity index (χ0) is 16.0. The lowest BCUT2D eigenvalue weighted by molar-refractivity contribution is -0.142. The first-order chi connectivity index (χ1) is 9.86. The summed E-state index contributed by atoms with van der Waals surface area (Å²) in [4.78, 5) is 34.2. The fourth-order valence-corrected chi connectivity index (χ4v) is 1.73. The molecule has 3 N–H and O–H groups in total. The van der Waals surface area contributed by atoms with Crippen LogP contribution >= 0.6 is 0 Å². The van der Waals surface area contributed by atoms with Gasteiger partial charge in [0.2, 0.25) is 0 Å². The van der Waals surface area contributed by atoms with Gasteiger partial charge >= 0.3 is 11.9 Å². The van der Waals surface area contributed by atoms with E-state index in [1.54, 1.807) is 6.92 Å². The van der Waals surface area contributed by atoms with Crippen LogP contribution in [0.5, 0.6) is 5.75 Å². The molecule has 0 unspecified atom stereocenters. The van der Waals surface area contributed by atoms with Crippen LogP contribution in [0.1, 0.15) is 28.8 Å². The first-order valence-corrected chi connectivity index (χ1v) is 6.26. The van der Waals surface area contributed by atoms with Crippen LogP contribution in [0.25, 0.3) is 0 Å². The van der Waals surface area contributed by atoms with E-state index in [2.05, 4.69) is 10.1 Å². The van der Waals surface area contributed by atoms with E-state index < -0.39 is 23.9 Å². The number of rotatable bonds is 6. The van der Waals surface area contributed by atoms with Crippen molar-refractivity contribution in [3.05, 3.63) is 29.3 Å². The highest BCUT2D eigenvalue weighted by Crippen LogP contribution is 2.19. The van der Waals surface area contributed by atoms with E-state index in [-0.39, 0.29) is 24.2 Å². The number of hydrogen-bond donors (Lipinski definition) is 3. The number of carboxylic acid groups (broad SMARTS) is 1. The molecule has 0 spiro atoms. The van der Waals surface area contributed by atoms with Gasteiger partial charge in [0.25, 0.3) is 5.91 Å². The topological polar surface area (TPSA) is 113 Å². The number of hydrogen-bond acceptors (Lipinski definition) is 5. The van der Waals surface area contributed by atoms with Gasteiger partial charge in [-0.05, 0) is 25.5 Å². The Morgan fingerprint density at radius 3 is 2.57 bits per heavy atom. The third-order valence-electron chi connectivity index (χ3n) is 3.02. The lowest BCUT2D eigenvalue weighted by Crippen LogP contribution is -2.41. The fourth-order valence-electron chi connectivity index (χ4n) is 1.73. The summed E-state index contributed by atoms with van der Waals surface area (Å²) in [7, 11) is 1.20. The quantitative estimate of drug-likeness (QED) is 0.670. The summed E-state index contributed by atoms with van der Waals surface area (Å²) in [5.74, 6) is -2.47. The highest BCUT2D eigenvalue weighted by atomic mass is 16.5. The Morgan fingerprint density at radius 2 is 2.00 bits per heavy atom. The van der Waals surface area contributed by atoms with E-state index in [9.17, 15) is 19.5 Å². The second kappa shape index (κ2) is 7.28.